The molecule has 1 aromatic carbocycles. The van der Waals surface area contributed by atoms with E-state index in [-0.39, 0.29) is 12.1 Å². The van der Waals surface area contributed by atoms with Gasteiger partial charge in [-0.15, -0.1) is 0 Å². The summed E-state index contributed by atoms with van der Waals surface area (Å²) in [6.07, 6.45) is 1.44. The van der Waals surface area contributed by atoms with Crippen molar-refractivity contribution in [3.8, 4) is 0 Å². The molecular formula is C14H19F2NO. The van der Waals surface area contributed by atoms with E-state index in [1.54, 1.807) is 30.0 Å². The molecule has 2 nitrogen and oxygen atoms in total. The monoisotopic (exact) mass is 255 g/mol. The van der Waals surface area contributed by atoms with Gasteiger partial charge >= 0.3 is 0 Å². The third-order valence-corrected chi connectivity index (χ3v) is 3.37. The number of nitrogens with zero attached hydrogens (tertiary/aromatic N) is 1. The fourth-order valence-electron chi connectivity index (χ4n) is 2.51. The average molecular weight is 255 g/mol. The first-order valence-corrected chi connectivity index (χ1v) is 6.27. The summed E-state index contributed by atoms with van der Waals surface area (Å²) in [4.78, 5) is 1.65. The number of alkyl halides is 2. The molecule has 0 radical (unpaired) electrons. The Morgan fingerprint density at radius 1 is 1.33 bits per heavy atom. The van der Waals surface area contributed by atoms with Crippen molar-refractivity contribution in [2.24, 2.45) is 0 Å². The van der Waals surface area contributed by atoms with Crippen LogP contribution in [0, 0.1) is 0 Å². The summed E-state index contributed by atoms with van der Waals surface area (Å²) in [5.41, 5.74) is -0.805. The van der Waals surface area contributed by atoms with Crippen molar-refractivity contribution in [3.05, 3.63) is 35.9 Å². The van der Waals surface area contributed by atoms with Crippen molar-refractivity contribution in [3.63, 3.8) is 0 Å². The third-order valence-electron chi connectivity index (χ3n) is 3.37. The molecule has 18 heavy (non-hydrogen) atoms. The van der Waals surface area contributed by atoms with Crippen LogP contribution in [0.15, 0.2) is 30.3 Å². The fourth-order valence-corrected chi connectivity index (χ4v) is 2.51. The molecule has 4 heteroatoms. The van der Waals surface area contributed by atoms with Crippen LogP contribution >= 0.6 is 0 Å². The lowest BCUT2D eigenvalue weighted by atomic mass is 9.94. The van der Waals surface area contributed by atoms with Crippen LogP contribution in [0.5, 0.6) is 0 Å². The second-order valence-electron chi connectivity index (χ2n) is 5.38. The van der Waals surface area contributed by atoms with E-state index in [0.717, 1.165) is 6.42 Å². The van der Waals surface area contributed by atoms with Crippen LogP contribution in [0.2, 0.25) is 0 Å². The number of rotatable bonds is 3. The molecule has 1 aliphatic heterocycles. The van der Waals surface area contributed by atoms with Gasteiger partial charge in [-0.2, -0.15) is 8.78 Å². The molecule has 0 bridgehead atoms. The molecule has 1 heterocycles. The number of likely N-dealkylation sites (tertiary alicyclic amines) is 1. The van der Waals surface area contributed by atoms with Crippen LogP contribution in [0.4, 0.5) is 8.78 Å². The molecule has 1 fully saturated rings. The quantitative estimate of drug-likeness (QED) is 0.897. The first kappa shape index (κ1) is 13.4. The Hall–Kier alpha value is -1.00. The molecule has 0 aromatic heterocycles. The predicted molar refractivity (Wildman–Crippen MR) is 66.6 cm³/mol. The molecule has 100 valence electrons. The van der Waals surface area contributed by atoms with Gasteiger partial charge in [-0.25, -0.2) is 0 Å². The van der Waals surface area contributed by atoms with Gasteiger partial charge in [0.15, 0.2) is 0 Å². The van der Waals surface area contributed by atoms with E-state index in [2.05, 4.69) is 0 Å². The highest BCUT2D eigenvalue weighted by Crippen LogP contribution is 2.31. The number of aliphatic hydroxyl groups is 1. The molecule has 1 atom stereocenters. The van der Waals surface area contributed by atoms with Crippen molar-refractivity contribution in [1.82, 2.24) is 4.90 Å². The molecule has 0 spiro atoms. The zero-order valence-corrected chi connectivity index (χ0v) is 10.6. The Labute approximate surface area is 106 Å². The number of piperidine rings is 1. The Morgan fingerprint density at radius 3 is 2.61 bits per heavy atom. The first-order valence-electron chi connectivity index (χ1n) is 6.27. The molecule has 1 aliphatic rings. The lowest BCUT2D eigenvalue weighted by Crippen LogP contribution is -2.49. The topological polar surface area (TPSA) is 23.5 Å². The van der Waals surface area contributed by atoms with Crippen LogP contribution in [-0.2, 0) is 5.92 Å². The van der Waals surface area contributed by atoms with Gasteiger partial charge in [0.2, 0.25) is 0 Å². The molecule has 1 N–H and O–H groups in total. The van der Waals surface area contributed by atoms with Gasteiger partial charge in [0.25, 0.3) is 5.92 Å². The summed E-state index contributed by atoms with van der Waals surface area (Å²) >= 11 is 0. The molecule has 1 unspecified atom stereocenters. The van der Waals surface area contributed by atoms with Crippen molar-refractivity contribution in [1.29, 1.82) is 0 Å². The normalized spacial score (nSPS) is 26.2. The summed E-state index contributed by atoms with van der Waals surface area (Å²) in [6.45, 7) is 2.32. The molecular weight excluding hydrogens is 236 g/mol. The minimum atomic E-state index is -2.87. The number of hydrogen-bond donors (Lipinski definition) is 1. The fraction of sp³-hybridized carbons (Fsp3) is 0.571. The van der Waals surface area contributed by atoms with Crippen molar-refractivity contribution in [2.45, 2.75) is 31.3 Å². The lowest BCUT2D eigenvalue weighted by Gasteiger charge is -2.38. The standard InChI is InChI=1S/C14H19F2NO/c1-13(18)8-5-9-17(10-13)11-14(15,16)12-6-3-2-4-7-12/h2-4,6-7,18H,5,8-11H2,1H3. The second kappa shape index (κ2) is 4.94. The molecule has 1 saturated heterocycles. The molecule has 1 aromatic rings. The Kier molecular flexibility index (Phi) is 3.69. The minimum absolute atomic E-state index is 0.0372. The molecule has 0 amide bonds. The Balaban J connectivity index is 2.04. The summed E-state index contributed by atoms with van der Waals surface area (Å²) in [6, 6.07) is 7.86. The minimum Gasteiger partial charge on any atom is -0.389 e. The third kappa shape index (κ3) is 3.27. The summed E-state index contributed by atoms with van der Waals surface area (Å²) < 4.78 is 28.1. The van der Waals surface area contributed by atoms with Crippen molar-refractivity contribution in [2.75, 3.05) is 19.6 Å². The van der Waals surface area contributed by atoms with Gasteiger partial charge in [-0.1, -0.05) is 30.3 Å². The van der Waals surface area contributed by atoms with Gasteiger partial charge in [0.05, 0.1) is 12.1 Å². The van der Waals surface area contributed by atoms with E-state index in [9.17, 15) is 13.9 Å². The summed E-state index contributed by atoms with van der Waals surface area (Å²) in [5.74, 6) is -2.87. The maximum absolute atomic E-state index is 14.1. The van der Waals surface area contributed by atoms with Crippen molar-refractivity contribution >= 4 is 0 Å². The number of β-amino-alcohol motifs (C(OH)–C–C–N with tert-alkyl or cyclic N) is 1. The smallest absolute Gasteiger partial charge is 0.285 e. The molecule has 0 saturated carbocycles. The maximum Gasteiger partial charge on any atom is 0.285 e. The van der Waals surface area contributed by atoms with E-state index in [0.29, 0.717) is 19.5 Å². The SMILES string of the molecule is CC1(O)CCCN(CC(F)(F)c2ccccc2)C1. The van der Waals surface area contributed by atoms with Gasteiger partial charge in [-0.05, 0) is 26.3 Å². The van der Waals surface area contributed by atoms with Gasteiger partial charge < -0.3 is 5.11 Å². The van der Waals surface area contributed by atoms with E-state index < -0.39 is 11.5 Å². The first-order chi connectivity index (χ1) is 8.39. The van der Waals surface area contributed by atoms with Gasteiger partial charge in [0.1, 0.15) is 0 Å². The largest absolute Gasteiger partial charge is 0.389 e. The van der Waals surface area contributed by atoms with Crippen LogP contribution in [-0.4, -0.2) is 35.2 Å². The number of benzene rings is 1. The van der Waals surface area contributed by atoms with Crippen molar-refractivity contribution < 1.29 is 13.9 Å². The van der Waals surface area contributed by atoms with Crippen LogP contribution < -0.4 is 0 Å². The summed E-state index contributed by atoms with van der Waals surface area (Å²) in [7, 11) is 0. The van der Waals surface area contributed by atoms with E-state index in [1.165, 1.54) is 12.1 Å². The second-order valence-corrected chi connectivity index (χ2v) is 5.38. The van der Waals surface area contributed by atoms with E-state index >= 15 is 0 Å². The Morgan fingerprint density at radius 2 is 2.00 bits per heavy atom. The zero-order valence-electron chi connectivity index (χ0n) is 10.6. The molecule has 0 aliphatic carbocycles. The summed E-state index contributed by atoms with van der Waals surface area (Å²) in [5, 5.41) is 9.93. The lowest BCUT2D eigenvalue weighted by molar-refractivity contribution is -0.0762. The highest BCUT2D eigenvalue weighted by molar-refractivity contribution is 5.20. The predicted octanol–water partition coefficient (Wildman–Crippen LogP) is 2.63. The van der Waals surface area contributed by atoms with Crippen LogP contribution in [0.1, 0.15) is 25.3 Å². The van der Waals surface area contributed by atoms with E-state index in [4.69, 9.17) is 0 Å². The Bertz CT molecular complexity index is 392. The average Bonchev–Trinajstić information content (AvgIpc) is 2.28. The molecule has 2 rings (SSSR count). The van der Waals surface area contributed by atoms with Crippen LogP contribution in [0.3, 0.4) is 0 Å². The highest BCUT2D eigenvalue weighted by Gasteiger charge is 2.37. The highest BCUT2D eigenvalue weighted by atomic mass is 19.3. The van der Waals surface area contributed by atoms with E-state index in [1.807, 2.05) is 0 Å². The zero-order chi connectivity index (χ0) is 13.2. The van der Waals surface area contributed by atoms with Crippen LogP contribution in [0.25, 0.3) is 0 Å². The van der Waals surface area contributed by atoms with Gasteiger partial charge in [-0.3, -0.25) is 4.90 Å². The number of halogens is 2. The number of hydrogen-bond acceptors (Lipinski definition) is 2. The maximum atomic E-state index is 14.1. The van der Waals surface area contributed by atoms with Gasteiger partial charge in [0, 0.05) is 12.1 Å².